The van der Waals surface area contributed by atoms with E-state index in [4.69, 9.17) is 0 Å². The van der Waals surface area contributed by atoms with Crippen LogP contribution in [-0.4, -0.2) is 45.9 Å². The van der Waals surface area contributed by atoms with Crippen molar-refractivity contribution in [2.24, 2.45) is 0 Å². The molecule has 0 radical (unpaired) electrons. The van der Waals surface area contributed by atoms with E-state index in [1.807, 2.05) is 30.3 Å². The number of ether oxygens (including phenoxy) is 1. The van der Waals surface area contributed by atoms with Gasteiger partial charge in [0, 0.05) is 17.4 Å². The molecule has 0 unspecified atom stereocenters. The number of thioether (sulfide) groups is 1. The minimum Gasteiger partial charge on any atom is -0.479 e. The first-order valence-corrected chi connectivity index (χ1v) is 7.93. The maximum atomic E-state index is 12.1. The Hall–Kier alpha value is -2.28. The van der Waals surface area contributed by atoms with Crippen LogP contribution in [0.1, 0.15) is 12.0 Å². The third-order valence-corrected chi connectivity index (χ3v) is 5.45. The number of carboxylic acid groups (broad SMARTS) is 1. The molecule has 6 nitrogen and oxygen atoms in total. The Morgan fingerprint density at radius 3 is 2.70 bits per heavy atom. The lowest BCUT2D eigenvalue weighted by Crippen LogP contribution is -2.63. The lowest BCUT2D eigenvalue weighted by Gasteiger charge is -2.43. The van der Waals surface area contributed by atoms with Crippen molar-refractivity contribution in [1.29, 1.82) is 0 Å². The zero-order valence-electron chi connectivity index (χ0n) is 12.4. The number of benzene rings is 1. The zero-order chi connectivity index (χ0) is 16.6. The van der Waals surface area contributed by atoms with E-state index in [1.54, 1.807) is 0 Å². The average Bonchev–Trinajstić information content (AvgIpc) is 2.77. The highest BCUT2D eigenvalue weighted by molar-refractivity contribution is 8.04. The molecule has 2 heterocycles. The molecule has 0 saturated carbocycles. The molecule has 0 aromatic heterocycles. The molecule has 1 aromatic rings. The molecule has 0 aliphatic carbocycles. The van der Waals surface area contributed by atoms with Crippen LogP contribution in [0.15, 0.2) is 41.3 Å². The fraction of sp³-hybridized carbons (Fsp3) is 0.312. The summed E-state index contributed by atoms with van der Waals surface area (Å²) in [7, 11) is 1.23. The Morgan fingerprint density at radius 1 is 1.43 bits per heavy atom. The number of β-lactam (4-membered cyclic amide) rings is 1. The smallest absolute Gasteiger partial charge is 0.335 e. The molecule has 1 aromatic carbocycles. The quantitative estimate of drug-likeness (QED) is 0.510. The van der Waals surface area contributed by atoms with Crippen molar-refractivity contribution in [1.82, 2.24) is 4.90 Å². The van der Waals surface area contributed by atoms with Crippen LogP contribution >= 0.6 is 11.8 Å². The Morgan fingerprint density at radius 2 is 2.13 bits per heavy atom. The Kier molecular flexibility index (Phi) is 3.89. The molecular weight excluding hydrogens is 318 g/mol. The number of carbonyl (C=O) groups excluding carboxylic acids is 2. The number of aliphatic carboxylic acids is 1. The van der Waals surface area contributed by atoms with Gasteiger partial charge in [0.1, 0.15) is 0 Å². The van der Waals surface area contributed by atoms with Gasteiger partial charge in [-0.05, 0) is 5.56 Å². The highest BCUT2D eigenvalue weighted by Crippen LogP contribution is 2.54. The molecule has 2 atom stereocenters. The highest BCUT2D eigenvalue weighted by Gasteiger charge is 2.63. The minimum absolute atomic E-state index is 0.112. The van der Waals surface area contributed by atoms with Gasteiger partial charge in [-0.3, -0.25) is 4.79 Å². The van der Waals surface area contributed by atoms with Crippen LogP contribution in [0.5, 0.6) is 0 Å². The van der Waals surface area contributed by atoms with Crippen LogP contribution in [0, 0.1) is 0 Å². The van der Waals surface area contributed by atoms with Crippen molar-refractivity contribution < 1.29 is 24.2 Å². The van der Waals surface area contributed by atoms with Gasteiger partial charge in [-0.15, -0.1) is 11.8 Å². The van der Waals surface area contributed by atoms with E-state index in [2.05, 4.69) is 4.74 Å². The number of carboxylic acids is 1. The highest BCUT2D eigenvalue weighted by atomic mass is 32.2. The second kappa shape index (κ2) is 5.73. The topological polar surface area (TPSA) is 83.9 Å². The van der Waals surface area contributed by atoms with Gasteiger partial charge < -0.3 is 14.7 Å². The molecular formula is C16H15NO5S. The van der Waals surface area contributed by atoms with Gasteiger partial charge in [-0.25, -0.2) is 9.59 Å². The van der Waals surface area contributed by atoms with E-state index in [9.17, 15) is 19.5 Å². The first kappa shape index (κ1) is 15.6. The summed E-state index contributed by atoms with van der Waals surface area (Å²) in [5.74, 6) is -1.98. The number of carbonyl (C=O) groups is 3. The molecule has 0 spiro atoms. The van der Waals surface area contributed by atoms with E-state index in [1.165, 1.54) is 29.8 Å². The summed E-state index contributed by atoms with van der Waals surface area (Å²) in [6, 6.07) is 9.08. The molecule has 3 rings (SSSR count). The SMILES string of the molecule is COC(=O)/C=C1/S[C@@H]2CC(=O)N2[C@]1(Cc1ccccc1)C(=O)O. The maximum absolute atomic E-state index is 12.1. The van der Waals surface area contributed by atoms with Crippen molar-refractivity contribution in [2.75, 3.05) is 7.11 Å². The van der Waals surface area contributed by atoms with Crippen molar-refractivity contribution in [3.8, 4) is 0 Å². The van der Waals surface area contributed by atoms with Crippen molar-refractivity contribution in [3.05, 3.63) is 46.9 Å². The molecule has 23 heavy (non-hydrogen) atoms. The minimum atomic E-state index is -1.54. The van der Waals surface area contributed by atoms with Crippen LogP contribution in [0.25, 0.3) is 0 Å². The summed E-state index contributed by atoms with van der Waals surface area (Å²) < 4.78 is 4.63. The third kappa shape index (κ3) is 2.41. The van der Waals surface area contributed by atoms with E-state index in [0.717, 1.165) is 5.56 Å². The van der Waals surface area contributed by atoms with E-state index >= 15 is 0 Å². The molecule has 0 bridgehead atoms. The van der Waals surface area contributed by atoms with Crippen LogP contribution in [0.3, 0.4) is 0 Å². The number of fused-ring (bicyclic) bond motifs is 1. The molecule has 1 N–H and O–H groups in total. The molecule has 7 heteroatoms. The van der Waals surface area contributed by atoms with E-state index in [0.29, 0.717) is 4.91 Å². The fourth-order valence-corrected chi connectivity index (χ4v) is 4.51. The Bertz CT molecular complexity index is 702. The monoisotopic (exact) mass is 333 g/mol. The number of hydrogen-bond donors (Lipinski definition) is 1. The Balaban J connectivity index is 2.08. The van der Waals surface area contributed by atoms with Crippen LogP contribution in [0.4, 0.5) is 0 Å². The number of hydrogen-bond acceptors (Lipinski definition) is 5. The largest absolute Gasteiger partial charge is 0.479 e. The predicted octanol–water partition coefficient (Wildman–Crippen LogP) is 1.41. The second-order valence-electron chi connectivity index (χ2n) is 5.40. The first-order valence-electron chi connectivity index (χ1n) is 7.05. The Labute approximate surface area is 137 Å². The predicted molar refractivity (Wildman–Crippen MR) is 83.5 cm³/mol. The first-order chi connectivity index (χ1) is 11.0. The van der Waals surface area contributed by atoms with E-state index in [-0.39, 0.29) is 24.1 Å². The number of nitrogens with zero attached hydrogens (tertiary/aromatic N) is 1. The second-order valence-corrected chi connectivity index (χ2v) is 6.62. The number of rotatable bonds is 4. The average molecular weight is 333 g/mol. The van der Waals surface area contributed by atoms with E-state index < -0.39 is 17.5 Å². The van der Waals surface area contributed by atoms with Crippen molar-refractivity contribution in [2.45, 2.75) is 23.8 Å². The van der Waals surface area contributed by atoms with Gasteiger partial charge in [0.2, 0.25) is 5.91 Å². The lowest BCUT2D eigenvalue weighted by atomic mass is 9.85. The summed E-state index contributed by atoms with van der Waals surface area (Å²) in [6.45, 7) is 0. The molecule has 120 valence electrons. The number of amides is 1. The summed E-state index contributed by atoms with van der Waals surface area (Å²) in [6.07, 6.45) is 1.58. The van der Waals surface area contributed by atoms with Crippen LogP contribution < -0.4 is 0 Å². The van der Waals surface area contributed by atoms with Gasteiger partial charge in [-0.1, -0.05) is 30.3 Å². The van der Waals surface area contributed by atoms with Gasteiger partial charge >= 0.3 is 11.9 Å². The summed E-state index contributed by atoms with van der Waals surface area (Å²) in [5, 5.41) is 9.68. The summed E-state index contributed by atoms with van der Waals surface area (Å²) in [5.41, 5.74) is -0.758. The zero-order valence-corrected chi connectivity index (χ0v) is 13.2. The molecule has 2 saturated heterocycles. The number of methoxy groups -OCH3 is 1. The van der Waals surface area contributed by atoms with Gasteiger partial charge in [0.15, 0.2) is 5.54 Å². The standard InChI is InChI=1S/C16H15NO5S/c1-22-14(19)7-11-16(15(20)21,9-10-5-3-2-4-6-10)17-12(18)8-13(17)23-11/h2-7,13H,8-9H2,1H3,(H,20,21)/b11-7+/t13-,16+/m1/s1. The summed E-state index contributed by atoms with van der Waals surface area (Å²) in [4.78, 5) is 37.5. The van der Waals surface area contributed by atoms with Gasteiger partial charge in [0.25, 0.3) is 0 Å². The van der Waals surface area contributed by atoms with Crippen LogP contribution in [-0.2, 0) is 25.5 Å². The van der Waals surface area contributed by atoms with Crippen molar-refractivity contribution >= 4 is 29.6 Å². The van der Waals surface area contributed by atoms with Crippen LogP contribution in [0.2, 0.25) is 0 Å². The number of esters is 1. The van der Waals surface area contributed by atoms with Crippen molar-refractivity contribution in [3.63, 3.8) is 0 Å². The molecule has 1 amide bonds. The van der Waals surface area contributed by atoms with Gasteiger partial charge in [-0.2, -0.15) is 0 Å². The maximum Gasteiger partial charge on any atom is 0.335 e. The third-order valence-electron chi connectivity index (χ3n) is 4.09. The lowest BCUT2D eigenvalue weighted by molar-refractivity contribution is -0.163. The molecule has 2 fully saturated rings. The fourth-order valence-electron chi connectivity index (χ4n) is 2.97. The normalized spacial score (nSPS) is 27.5. The molecule has 2 aliphatic rings. The summed E-state index contributed by atoms with van der Waals surface area (Å²) >= 11 is 1.25. The molecule has 2 aliphatic heterocycles. The van der Waals surface area contributed by atoms with Gasteiger partial charge in [0.05, 0.1) is 18.9 Å².